The number of allylic oxidation sites excluding steroid dienone is 3. The highest BCUT2D eigenvalue weighted by molar-refractivity contribution is 6.05. The molecule has 0 atom stereocenters. The number of hydrogen-bond acceptors (Lipinski definition) is 8. The molecule has 1 aliphatic rings. The standard InChI is InChI=1S/C22H24N6O3/c1-28(2)22(29)15-6-4-13(5-7-15)17-12-26-19(23)18(27-17)21(25)31-20(24)14-8-10-16(30-3)11-9-14/h4-8,10,12,24-25H,9,11H2,1-3H3,(H2,23,26). The van der Waals surface area contributed by atoms with E-state index in [1.807, 2.05) is 0 Å². The quantitative estimate of drug-likeness (QED) is 0.502. The number of carbonyl (C=O) groups is 1. The normalized spacial score (nSPS) is 13.0. The van der Waals surface area contributed by atoms with Gasteiger partial charge in [-0.1, -0.05) is 18.2 Å². The third kappa shape index (κ3) is 4.95. The fraction of sp³-hybridized carbons (Fsp3) is 0.227. The summed E-state index contributed by atoms with van der Waals surface area (Å²) in [6.45, 7) is 0. The molecule has 4 N–H and O–H groups in total. The van der Waals surface area contributed by atoms with E-state index in [9.17, 15) is 4.79 Å². The molecule has 0 aliphatic heterocycles. The molecule has 0 unspecified atom stereocenters. The van der Waals surface area contributed by atoms with Crippen molar-refractivity contribution in [1.29, 1.82) is 10.8 Å². The fourth-order valence-electron chi connectivity index (χ4n) is 2.94. The van der Waals surface area contributed by atoms with Crippen LogP contribution in [0.25, 0.3) is 11.3 Å². The number of anilines is 1. The van der Waals surface area contributed by atoms with Gasteiger partial charge >= 0.3 is 0 Å². The maximum absolute atomic E-state index is 12.1. The van der Waals surface area contributed by atoms with Gasteiger partial charge in [-0.3, -0.25) is 15.6 Å². The highest BCUT2D eigenvalue weighted by Crippen LogP contribution is 2.22. The molecule has 1 amide bonds. The van der Waals surface area contributed by atoms with Gasteiger partial charge in [-0.15, -0.1) is 0 Å². The van der Waals surface area contributed by atoms with Gasteiger partial charge in [0, 0.05) is 37.2 Å². The van der Waals surface area contributed by atoms with Crippen LogP contribution < -0.4 is 5.73 Å². The number of aromatic nitrogens is 2. The zero-order valence-corrected chi connectivity index (χ0v) is 17.6. The number of carbonyl (C=O) groups excluding carboxylic acids is 1. The largest absolute Gasteiger partial charge is 0.501 e. The molecule has 1 aromatic heterocycles. The zero-order chi connectivity index (χ0) is 22.5. The monoisotopic (exact) mass is 420 g/mol. The molecule has 0 saturated carbocycles. The highest BCUT2D eigenvalue weighted by atomic mass is 16.5. The molecular formula is C22H24N6O3. The predicted molar refractivity (Wildman–Crippen MR) is 118 cm³/mol. The van der Waals surface area contributed by atoms with Crippen LogP contribution in [-0.2, 0) is 9.47 Å². The summed E-state index contributed by atoms with van der Waals surface area (Å²) in [6, 6.07) is 6.90. The van der Waals surface area contributed by atoms with Crippen LogP contribution in [0.1, 0.15) is 28.9 Å². The Labute approximate surface area is 180 Å². The summed E-state index contributed by atoms with van der Waals surface area (Å²) in [5, 5.41) is 16.4. The Morgan fingerprint density at radius 1 is 1.10 bits per heavy atom. The van der Waals surface area contributed by atoms with E-state index in [1.54, 1.807) is 57.6 Å². The van der Waals surface area contributed by atoms with Crippen molar-refractivity contribution in [2.75, 3.05) is 26.9 Å². The number of hydrogen-bond donors (Lipinski definition) is 3. The number of nitrogens with zero attached hydrogens (tertiary/aromatic N) is 3. The summed E-state index contributed by atoms with van der Waals surface area (Å²) < 4.78 is 10.6. The Morgan fingerprint density at radius 3 is 2.39 bits per heavy atom. The summed E-state index contributed by atoms with van der Waals surface area (Å²) in [6.07, 6.45) is 6.23. The molecule has 160 valence electrons. The molecule has 3 rings (SSSR count). The van der Waals surface area contributed by atoms with Crippen molar-refractivity contribution in [1.82, 2.24) is 14.9 Å². The van der Waals surface area contributed by atoms with Gasteiger partial charge in [0.15, 0.2) is 11.5 Å². The second-order valence-corrected chi connectivity index (χ2v) is 7.06. The van der Waals surface area contributed by atoms with Gasteiger partial charge in [0.05, 0.1) is 24.8 Å². The molecule has 9 nitrogen and oxygen atoms in total. The van der Waals surface area contributed by atoms with Crippen molar-refractivity contribution >= 4 is 23.5 Å². The third-order valence-electron chi connectivity index (χ3n) is 4.72. The number of amides is 1. The lowest BCUT2D eigenvalue weighted by molar-refractivity contribution is 0.0827. The van der Waals surface area contributed by atoms with E-state index in [4.69, 9.17) is 26.0 Å². The Kier molecular flexibility index (Phi) is 6.44. The number of nitrogens with one attached hydrogen (secondary N) is 2. The van der Waals surface area contributed by atoms with Gasteiger partial charge in [0.2, 0.25) is 11.8 Å². The van der Waals surface area contributed by atoms with Gasteiger partial charge in [-0.2, -0.15) is 0 Å². The van der Waals surface area contributed by atoms with E-state index in [0.29, 0.717) is 35.2 Å². The maximum Gasteiger partial charge on any atom is 0.253 e. The van der Waals surface area contributed by atoms with Crippen LogP contribution in [-0.4, -0.2) is 53.8 Å². The molecule has 9 heteroatoms. The topological polar surface area (TPSA) is 138 Å². The third-order valence-corrected chi connectivity index (χ3v) is 4.72. The second kappa shape index (κ2) is 9.21. The van der Waals surface area contributed by atoms with Crippen LogP contribution in [0, 0.1) is 10.8 Å². The molecule has 0 spiro atoms. The lowest BCUT2D eigenvalue weighted by Crippen LogP contribution is -2.21. The van der Waals surface area contributed by atoms with E-state index >= 15 is 0 Å². The molecular weight excluding hydrogens is 396 g/mol. The van der Waals surface area contributed by atoms with Gasteiger partial charge in [-0.05, 0) is 24.6 Å². The minimum absolute atomic E-state index is 0.0279. The number of nitrogens with two attached hydrogens (primary N) is 1. The first-order chi connectivity index (χ1) is 14.8. The van der Waals surface area contributed by atoms with Crippen molar-refractivity contribution in [3.63, 3.8) is 0 Å². The summed E-state index contributed by atoms with van der Waals surface area (Å²) in [5.41, 5.74) is 8.32. The first-order valence-corrected chi connectivity index (χ1v) is 9.54. The molecule has 1 aliphatic carbocycles. The van der Waals surface area contributed by atoms with Gasteiger partial charge in [0.1, 0.15) is 0 Å². The average Bonchev–Trinajstić information content (AvgIpc) is 2.78. The van der Waals surface area contributed by atoms with Gasteiger partial charge in [-0.25, -0.2) is 9.97 Å². The molecule has 0 fully saturated rings. The Balaban J connectivity index is 1.78. The molecule has 0 bridgehead atoms. The SMILES string of the molecule is COC1=CC=C(C(=N)OC(=N)c2nc(-c3ccc(C(=O)N(C)C)cc3)cnc2N)CC1. The van der Waals surface area contributed by atoms with Crippen LogP contribution in [0.3, 0.4) is 0 Å². The lowest BCUT2D eigenvalue weighted by atomic mass is 10.0. The summed E-state index contributed by atoms with van der Waals surface area (Å²) in [7, 11) is 4.98. The minimum Gasteiger partial charge on any atom is -0.501 e. The highest BCUT2D eigenvalue weighted by Gasteiger charge is 2.18. The first kappa shape index (κ1) is 21.7. The second-order valence-electron chi connectivity index (χ2n) is 7.06. The maximum atomic E-state index is 12.1. The van der Waals surface area contributed by atoms with E-state index < -0.39 is 0 Å². The van der Waals surface area contributed by atoms with Crippen molar-refractivity contribution < 1.29 is 14.3 Å². The lowest BCUT2D eigenvalue weighted by Gasteiger charge is -2.15. The summed E-state index contributed by atoms with van der Waals surface area (Å²) >= 11 is 0. The van der Waals surface area contributed by atoms with Crippen LogP contribution >= 0.6 is 0 Å². The number of methoxy groups -OCH3 is 1. The van der Waals surface area contributed by atoms with Crippen molar-refractivity contribution in [2.24, 2.45) is 0 Å². The first-order valence-electron chi connectivity index (χ1n) is 9.54. The number of rotatable bonds is 5. The fourth-order valence-corrected chi connectivity index (χ4v) is 2.94. The Morgan fingerprint density at radius 2 is 1.81 bits per heavy atom. The molecule has 0 saturated heterocycles. The Bertz CT molecular complexity index is 1090. The van der Waals surface area contributed by atoms with E-state index in [2.05, 4.69) is 9.97 Å². The molecule has 31 heavy (non-hydrogen) atoms. The smallest absolute Gasteiger partial charge is 0.253 e. The van der Waals surface area contributed by atoms with E-state index in [1.165, 1.54) is 11.1 Å². The number of nitrogen functional groups attached to an aromatic ring is 1. The number of ether oxygens (including phenoxy) is 2. The Hall–Kier alpha value is -4.01. The predicted octanol–water partition coefficient (Wildman–Crippen LogP) is 3.00. The molecule has 2 aromatic rings. The van der Waals surface area contributed by atoms with Crippen LogP contribution in [0.5, 0.6) is 0 Å². The van der Waals surface area contributed by atoms with Crippen LogP contribution in [0.2, 0.25) is 0 Å². The van der Waals surface area contributed by atoms with Crippen molar-refractivity contribution in [3.8, 4) is 11.3 Å². The molecule has 0 radical (unpaired) electrons. The van der Waals surface area contributed by atoms with Gasteiger partial charge in [0.25, 0.3) is 5.91 Å². The zero-order valence-electron chi connectivity index (χ0n) is 17.6. The van der Waals surface area contributed by atoms with E-state index in [0.717, 1.165) is 5.76 Å². The van der Waals surface area contributed by atoms with Crippen molar-refractivity contribution in [3.05, 3.63) is 65.2 Å². The number of benzene rings is 1. The molecule has 1 heterocycles. The van der Waals surface area contributed by atoms with Gasteiger partial charge < -0.3 is 20.1 Å². The van der Waals surface area contributed by atoms with Crippen molar-refractivity contribution in [2.45, 2.75) is 12.8 Å². The van der Waals surface area contributed by atoms with Crippen LogP contribution in [0.4, 0.5) is 5.82 Å². The molecule has 1 aromatic carbocycles. The van der Waals surface area contributed by atoms with E-state index in [-0.39, 0.29) is 29.2 Å². The summed E-state index contributed by atoms with van der Waals surface area (Å²) in [4.78, 5) is 22.1. The van der Waals surface area contributed by atoms with Crippen LogP contribution in [0.15, 0.2) is 53.9 Å². The minimum atomic E-state index is -0.362. The average molecular weight is 420 g/mol. The summed E-state index contributed by atoms with van der Waals surface area (Å²) in [5.74, 6) is 0.245.